The maximum Gasteiger partial charge on any atom is 0.118 e. The first-order valence-corrected chi connectivity index (χ1v) is 6.28. The molecular formula is C15H25NO2. The number of rotatable bonds is 5. The first-order valence-electron chi connectivity index (χ1n) is 6.28. The second kappa shape index (κ2) is 6.21. The average Bonchev–Trinajstić information content (AvgIpc) is 2.34. The third-order valence-electron chi connectivity index (χ3n) is 3.20. The molecule has 3 heteroatoms. The lowest BCUT2D eigenvalue weighted by Crippen LogP contribution is -2.40. The molecule has 1 rings (SSSR count). The zero-order valence-electron chi connectivity index (χ0n) is 12.3. The molecule has 0 saturated heterocycles. The van der Waals surface area contributed by atoms with Gasteiger partial charge in [0.05, 0.1) is 19.3 Å². The molecule has 0 bridgehead atoms. The van der Waals surface area contributed by atoms with Crippen LogP contribution < -0.4 is 10.1 Å². The molecule has 0 aliphatic carbocycles. The minimum absolute atomic E-state index is 0.0718. The normalized spacial score (nSPS) is 15.2. The van der Waals surface area contributed by atoms with Gasteiger partial charge in [0.25, 0.3) is 0 Å². The van der Waals surface area contributed by atoms with E-state index in [0.29, 0.717) is 0 Å². The van der Waals surface area contributed by atoms with E-state index in [0.717, 1.165) is 5.75 Å². The van der Waals surface area contributed by atoms with Crippen molar-refractivity contribution in [1.82, 2.24) is 5.32 Å². The Morgan fingerprint density at radius 2 is 1.61 bits per heavy atom. The van der Waals surface area contributed by atoms with Crippen LogP contribution in [-0.4, -0.2) is 27.4 Å². The maximum atomic E-state index is 5.69. The predicted octanol–water partition coefficient (Wildman–Crippen LogP) is 3.02. The number of methoxy groups -OCH3 is 2. The second-order valence-electron chi connectivity index (χ2n) is 5.56. The first-order chi connectivity index (χ1) is 8.43. The quantitative estimate of drug-likeness (QED) is 0.872. The average molecular weight is 251 g/mol. The van der Waals surface area contributed by atoms with Crippen LogP contribution in [0.15, 0.2) is 24.3 Å². The molecule has 0 aliphatic rings. The monoisotopic (exact) mass is 251 g/mol. The number of hydrogen-bond acceptors (Lipinski definition) is 3. The third kappa shape index (κ3) is 3.47. The Labute approximate surface area is 110 Å². The van der Waals surface area contributed by atoms with E-state index >= 15 is 0 Å². The van der Waals surface area contributed by atoms with Gasteiger partial charge in [0.15, 0.2) is 0 Å². The molecular weight excluding hydrogens is 226 g/mol. The summed E-state index contributed by atoms with van der Waals surface area (Å²) in [4.78, 5) is 0. The van der Waals surface area contributed by atoms with Crippen molar-refractivity contribution in [1.29, 1.82) is 0 Å². The Balaban J connectivity index is 3.00. The van der Waals surface area contributed by atoms with E-state index in [1.54, 1.807) is 14.2 Å². The zero-order valence-corrected chi connectivity index (χ0v) is 12.3. The SMILES string of the molecule is CNC(c1ccc(OC)cc1)C(OC)C(C)(C)C. The smallest absolute Gasteiger partial charge is 0.118 e. The van der Waals surface area contributed by atoms with Gasteiger partial charge in [0.2, 0.25) is 0 Å². The van der Waals surface area contributed by atoms with E-state index in [-0.39, 0.29) is 17.6 Å². The Morgan fingerprint density at radius 3 is 1.94 bits per heavy atom. The van der Waals surface area contributed by atoms with Crippen LogP contribution in [0.3, 0.4) is 0 Å². The molecule has 0 radical (unpaired) electrons. The van der Waals surface area contributed by atoms with Crippen LogP contribution in [0.4, 0.5) is 0 Å². The molecule has 102 valence electrons. The van der Waals surface area contributed by atoms with E-state index in [9.17, 15) is 0 Å². The van der Waals surface area contributed by atoms with Gasteiger partial charge in [-0.15, -0.1) is 0 Å². The van der Waals surface area contributed by atoms with Crippen molar-refractivity contribution in [3.63, 3.8) is 0 Å². The molecule has 1 aromatic rings. The van der Waals surface area contributed by atoms with Crippen LogP contribution in [-0.2, 0) is 4.74 Å². The highest BCUT2D eigenvalue weighted by atomic mass is 16.5. The van der Waals surface area contributed by atoms with Crippen molar-refractivity contribution in [2.45, 2.75) is 32.9 Å². The fourth-order valence-corrected chi connectivity index (χ4v) is 2.29. The van der Waals surface area contributed by atoms with Gasteiger partial charge in [-0.2, -0.15) is 0 Å². The fraction of sp³-hybridized carbons (Fsp3) is 0.600. The molecule has 3 nitrogen and oxygen atoms in total. The van der Waals surface area contributed by atoms with Gasteiger partial charge in [-0.1, -0.05) is 32.9 Å². The van der Waals surface area contributed by atoms with Crippen molar-refractivity contribution in [3.05, 3.63) is 29.8 Å². The van der Waals surface area contributed by atoms with Crippen molar-refractivity contribution in [3.8, 4) is 5.75 Å². The van der Waals surface area contributed by atoms with Crippen LogP contribution in [0.1, 0.15) is 32.4 Å². The zero-order chi connectivity index (χ0) is 13.8. The summed E-state index contributed by atoms with van der Waals surface area (Å²) in [5, 5.41) is 3.35. The van der Waals surface area contributed by atoms with E-state index in [2.05, 4.69) is 38.2 Å². The Kier molecular flexibility index (Phi) is 5.17. The van der Waals surface area contributed by atoms with Gasteiger partial charge in [0.1, 0.15) is 5.75 Å². The van der Waals surface area contributed by atoms with Crippen LogP contribution >= 0.6 is 0 Å². The summed E-state index contributed by atoms with van der Waals surface area (Å²) >= 11 is 0. The number of ether oxygens (including phenoxy) is 2. The largest absolute Gasteiger partial charge is 0.497 e. The van der Waals surface area contributed by atoms with Gasteiger partial charge < -0.3 is 14.8 Å². The highest BCUT2D eigenvalue weighted by molar-refractivity contribution is 5.30. The number of likely N-dealkylation sites (N-methyl/N-ethyl adjacent to an activating group) is 1. The maximum absolute atomic E-state index is 5.69. The summed E-state index contributed by atoms with van der Waals surface area (Å²) < 4.78 is 10.9. The molecule has 1 N–H and O–H groups in total. The molecule has 0 aromatic heterocycles. The summed E-state index contributed by atoms with van der Waals surface area (Å²) in [6, 6.07) is 8.29. The third-order valence-corrected chi connectivity index (χ3v) is 3.20. The standard InChI is InChI=1S/C15H25NO2/c1-15(2,3)14(18-6)13(16-4)11-7-9-12(17-5)10-8-11/h7-10,13-14,16H,1-6H3. The lowest BCUT2D eigenvalue weighted by molar-refractivity contribution is -0.0101. The van der Waals surface area contributed by atoms with Crippen molar-refractivity contribution >= 4 is 0 Å². The van der Waals surface area contributed by atoms with Crippen molar-refractivity contribution < 1.29 is 9.47 Å². The van der Waals surface area contributed by atoms with Gasteiger partial charge in [-0.3, -0.25) is 0 Å². The van der Waals surface area contributed by atoms with Gasteiger partial charge in [-0.05, 0) is 30.2 Å². The highest BCUT2D eigenvalue weighted by Crippen LogP contribution is 2.32. The van der Waals surface area contributed by atoms with Crippen molar-refractivity contribution in [2.24, 2.45) is 5.41 Å². The van der Waals surface area contributed by atoms with E-state index < -0.39 is 0 Å². The van der Waals surface area contributed by atoms with Gasteiger partial charge in [-0.25, -0.2) is 0 Å². The summed E-state index contributed by atoms with van der Waals surface area (Å²) in [7, 11) is 5.41. The molecule has 1 aromatic carbocycles. The fourth-order valence-electron chi connectivity index (χ4n) is 2.29. The summed E-state index contributed by atoms with van der Waals surface area (Å²) in [6.07, 6.45) is 0.107. The topological polar surface area (TPSA) is 30.5 Å². The highest BCUT2D eigenvalue weighted by Gasteiger charge is 2.32. The molecule has 0 saturated carbocycles. The molecule has 0 heterocycles. The minimum atomic E-state index is 0.0718. The first kappa shape index (κ1) is 15.0. The molecule has 0 spiro atoms. The van der Waals surface area contributed by atoms with E-state index in [4.69, 9.17) is 9.47 Å². The second-order valence-corrected chi connectivity index (χ2v) is 5.56. The van der Waals surface area contributed by atoms with Gasteiger partial charge >= 0.3 is 0 Å². The summed E-state index contributed by atoms with van der Waals surface area (Å²) in [5.41, 5.74) is 1.28. The Hall–Kier alpha value is -1.06. The Morgan fingerprint density at radius 1 is 1.06 bits per heavy atom. The predicted molar refractivity (Wildman–Crippen MR) is 75.0 cm³/mol. The lowest BCUT2D eigenvalue weighted by atomic mass is 9.82. The molecule has 0 aliphatic heterocycles. The molecule has 0 fully saturated rings. The van der Waals surface area contributed by atoms with E-state index in [1.165, 1.54) is 5.56 Å². The summed E-state index contributed by atoms with van der Waals surface area (Å²) in [6.45, 7) is 6.57. The molecule has 0 amide bonds. The van der Waals surface area contributed by atoms with Crippen LogP contribution in [0.25, 0.3) is 0 Å². The number of hydrogen-bond donors (Lipinski definition) is 1. The summed E-state index contributed by atoms with van der Waals surface area (Å²) in [5.74, 6) is 0.873. The molecule has 2 unspecified atom stereocenters. The number of benzene rings is 1. The van der Waals surface area contributed by atoms with Crippen LogP contribution in [0.2, 0.25) is 0 Å². The molecule has 18 heavy (non-hydrogen) atoms. The van der Waals surface area contributed by atoms with Crippen molar-refractivity contribution in [2.75, 3.05) is 21.3 Å². The van der Waals surface area contributed by atoms with Crippen LogP contribution in [0, 0.1) is 5.41 Å². The Bertz CT molecular complexity index is 354. The molecule has 2 atom stereocenters. The van der Waals surface area contributed by atoms with Gasteiger partial charge in [0, 0.05) is 7.11 Å². The minimum Gasteiger partial charge on any atom is -0.497 e. The van der Waals surface area contributed by atoms with Crippen LogP contribution in [0.5, 0.6) is 5.75 Å². The lowest BCUT2D eigenvalue weighted by Gasteiger charge is -2.36. The number of nitrogens with one attached hydrogen (secondary N) is 1. The van der Waals surface area contributed by atoms with E-state index in [1.807, 2.05) is 19.2 Å².